The molecule has 1 N–H and O–H groups in total. The number of carbonyl (C=O) groups is 2. The van der Waals surface area contributed by atoms with Crippen molar-refractivity contribution in [3.05, 3.63) is 29.8 Å². The summed E-state index contributed by atoms with van der Waals surface area (Å²) in [5, 5.41) is 8.93. The quantitative estimate of drug-likeness (QED) is 0.726. The molecule has 0 aliphatic carbocycles. The molecule has 27 heavy (non-hydrogen) atoms. The summed E-state index contributed by atoms with van der Waals surface area (Å²) in [6.45, 7) is 4.37. The van der Waals surface area contributed by atoms with Gasteiger partial charge in [0.2, 0.25) is 15.9 Å². The Hall–Kier alpha value is -1.93. The van der Waals surface area contributed by atoms with Gasteiger partial charge in [-0.15, -0.1) is 0 Å². The summed E-state index contributed by atoms with van der Waals surface area (Å²) in [5.74, 6) is -1.26. The van der Waals surface area contributed by atoms with E-state index in [-0.39, 0.29) is 29.8 Å². The Morgan fingerprint density at radius 3 is 2.22 bits per heavy atom. The van der Waals surface area contributed by atoms with Crippen LogP contribution >= 0.6 is 0 Å². The first-order valence-electron chi connectivity index (χ1n) is 9.32. The molecule has 150 valence electrons. The molecule has 0 bridgehead atoms. The number of sulfonamides is 1. The first kappa shape index (κ1) is 21.4. The molecule has 8 heteroatoms. The number of piperidine rings is 1. The van der Waals surface area contributed by atoms with Crippen molar-refractivity contribution in [3.8, 4) is 0 Å². The molecule has 1 saturated heterocycles. The second-order valence-corrected chi connectivity index (χ2v) is 9.06. The van der Waals surface area contributed by atoms with Gasteiger partial charge in [0.15, 0.2) is 0 Å². The number of aliphatic carboxylic acids is 1. The number of carboxylic acids is 1. The van der Waals surface area contributed by atoms with Crippen LogP contribution in [0, 0.1) is 0 Å². The SMILES string of the molecule is CC(C)N(CC(=O)O)C(=O)CCc1ccc(S(=O)(=O)N2CCCCC2)cc1. The Balaban J connectivity index is 1.99. The molecule has 0 saturated carbocycles. The summed E-state index contributed by atoms with van der Waals surface area (Å²) < 4.78 is 26.8. The highest BCUT2D eigenvalue weighted by Crippen LogP contribution is 2.21. The number of hydrogen-bond donors (Lipinski definition) is 1. The van der Waals surface area contributed by atoms with Crippen LogP contribution in [0.2, 0.25) is 0 Å². The van der Waals surface area contributed by atoms with Crippen LogP contribution in [0.1, 0.15) is 45.1 Å². The molecule has 1 aliphatic rings. The minimum absolute atomic E-state index is 0.184. The fraction of sp³-hybridized carbons (Fsp3) is 0.579. The van der Waals surface area contributed by atoms with Gasteiger partial charge < -0.3 is 10.0 Å². The maximum Gasteiger partial charge on any atom is 0.323 e. The van der Waals surface area contributed by atoms with Crippen molar-refractivity contribution in [3.63, 3.8) is 0 Å². The van der Waals surface area contributed by atoms with Crippen molar-refractivity contribution in [1.82, 2.24) is 9.21 Å². The molecular weight excluding hydrogens is 368 g/mol. The van der Waals surface area contributed by atoms with E-state index in [0.29, 0.717) is 19.5 Å². The number of amides is 1. The molecule has 0 unspecified atom stereocenters. The van der Waals surface area contributed by atoms with Gasteiger partial charge in [0.1, 0.15) is 6.54 Å². The van der Waals surface area contributed by atoms with E-state index in [2.05, 4.69) is 0 Å². The van der Waals surface area contributed by atoms with Crippen molar-refractivity contribution in [2.45, 2.75) is 56.9 Å². The number of aryl methyl sites for hydroxylation is 1. The van der Waals surface area contributed by atoms with E-state index in [1.165, 1.54) is 9.21 Å². The monoisotopic (exact) mass is 396 g/mol. The molecule has 0 radical (unpaired) electrons. The summed E-state index contributed by atoms with van der Waals surface area (Å²) in [6, 6.07) is 6.43. The number of nitrogens with zero attached hydrogens (tertiary/aromatic N) is 2. The second-order valence-electron chi connectivity index (χ2n) is 7.12. The van der Waals surface area contributed by atoms with E-state index < -0.39 is 16.0 Å². The van der Waals surface area contributed by atoms with E-state index in [1.54, 1.807) is 38.1 Å². The van der Waals surface area contributed by atoms with Crippen molar-refractivity contribution in [2.24, 2.45) is 0 Å². The van der Waals surface area contributed by atoms with Gasteiger partial charge in [-0.2, -0.15) is 4.31 Å². The van der Waals surface area contributed by atoms with Gasteiger partial charge in [0.25, 0.3) is 0 Å². The fourth-order valence-electron chi connectivity index (χ4n) is 3.18. The standard InChI is InChI=1S/C19H28N2O5S/c1-15(2)21(14-19(23)24)18(22)11-8-16-6-9-17(10-7-16)27(25,26)20-12-4-3-5-13-20/h6-7,9-10,15H,3-5,8,11-14H2,1-2H3,(H,23,24). The Kier molecular flexibility index (Phi) is 7.38. The van der Waals surface area contributed by atoms with Gasteiger partial charge in [-0.05, 0) is 50.8 Å². The molecule has 1 fully saturated rings. The smallest absolute Gasteiger partial charge is 0.323 e. The van der Waals surface area contributed by atoms with Crippen LogP contribution in [0.4, 0.5) is 0 Å². The Bertz CT molecular complexity index is 753. The molecule has 1 aromatic carbocycles. The lowest BCUT2D eigenvalue weighted by Crippen LogP contribution is -2.40. The lowest BCUT2D eigenvalue weighted by molar-refractivity contribution is -0.145. The van der Waals surface area contributed by atoms with E-state index in [1.807, 2.05) is 0 Å². The summed E-state index contributed by atoms with van der Waals surface area (Å²) >= 11 is 0. The highest BCUT2D eigenvalue weighted by Gasteiger charge is 2.25. The zero-order valence-electron chi connectivity index (χ0n) is 15.9. The molecule has 1 aromatic rings. The average Bonchev–Trinajstić information content (AvgIpc) is 2.65. The third-order valence-corrected chi connectivity index (χ3v) is 6.67. The van der Waals surface area contributed by atoms with E-state index >= 15 is 0 Å². The normalized spacial score (nSPS) is 15.7. The van der Waals surface area contributed by atoms with Crippen LogP contribution in [0.5, 0.6) is 0 Å². The molecule has 1 aliphatic heterocycles. The number of rotatable bonds is 8. The molecule has 1 amide bonds. The maximum atomic E-state index is 12.6. The molecule has 0 spiro atoms. The van der Waals surface area contributed by atoms with Gasteiger partial charge in [-0.3, -0.25) is 9.59 Å². The molecule has 1 heterocycles. The van der Waals surface area contributed by atoms with E-state index in [0.717, 1.165) is 24.8 Å². The summed E-state index contributed by atoms with van der Waals surface area (Å²) in [5.41, 5.74) is 0.847. The predicted octanol–water partition coefficient (Wildman–Crippen LogP) is 2.12. The number of carboxylic acid groups (broad SMARTS) is 1. The number of carbonyl (C=O) groups excluding carboxylic acids is 1. The largest absolute Gasteiger partial charge is 0.480 e. The Labute approximate surface area is 161 Å². The number of benzene rings is 1. The first-order valence-corrected chi connectivity index (χ1v) is 10.8. The Morgan fingerprint density at radius 2 is 1.70 bits per heavy atom. The minimum Gasteiger partial charge on any atom is -0.480 e. The van der Waals surface area contributed by atoms with Gasteiger partial charge in [-0.1, -0.05) is 18.6 Å². The van der Waals surface area contributed by atoms with Crippen LogP contribution in [-0.4, -0.2) is 60.3 Å². The lowest BCUT2D eigenvalue weighted by Gasteiger charge is -2.26. The summed E-state index contributed by atoms with van der Waals surface area (Å²) in [7, 11) is -3.46. The molecule has 7 nitrogen and oxygen atoms in total. The topological polar surface area (TPSA) is 95.0 Å². The van der Waals surface area contributed by atoms with Gasteiger partial charge in [0, 0.05) is 25.6 Å². The third kappa shape index (κ3) is 5.77. The zero-order valence-corrected chi connectivity index (χ0v) is 16.7. The van der Waals surface area contributed by atoms with Crippen molar-refractivity contribution in [1.29, 1.82) is 0 Å². The predicted molar refractivity (Wildman–Crippen MR) is 102 cm³/mol. The first-order chi connectivity index (χ1) is 12.7. The van der Waals surface area contributed by atoms with Crippen molar-refractivity contribution in [2.75, 3.05) is 19.6 Å². The minimum atomic E-state index is -3.46. The molecular formula is C19H28N2O5S. The van der Waals surface area contributed by atoms with E-state index in [9.17, 15) is 18.0 Å². The summed E-state index contributed by atoms with van der Waals surface area (Å²) in [6.07, 6.45) is 3.47. The van der Waals surface area contributed by atoms with Crippen LogP contribution in [0.3, 0.4) is 0 Å². The molecule has 2 rings (SSSR count). The summed E-state index contributed by atoms with van der Waals surface area (Å²) in [4.78, 5) is 24.8. The van der Waals surface area contributed by atoms with Crippen LogP contribution < -0.4 is 0 Å². The van der Waals surface area contributed by atoms with Crippen LogP contribution in [-0.2, 0) is 26.0 Å². The van der Waals surface area contributed by atoms with Crippen molar-refractivity contribution >= 4 is 21.9 Å². The molecule has 0 atom stereocenters. The average molecular weight is 397 g/mol. The number of hydrogen-bond acceptors (Lipinski definition) is 4. The second kappa shape index (κ2) is 9.32. The maximum absolute atomic E-state index is 12.6. The van der Waals surface area contributed by atoms with Crippen LogP contribution in [0.15, 0.2) is 29.2 Å². The van der Waals surface area contributed by atoms with Crippen LogP contribution in [0.25, 0.3) is 0 Å². The zero-order chi connectivity index (χ0) is 20.0. The van der Waals surface area contributed by atoms with Gasteiger partial charge in [0.05, 0.1) is 4.90 Å². The lowest BCUT2D eigenvalue weighted by atomic mass is 10.1. The van der Waals surface area contributed by atoms with Gasteiger partial charge >= 0.3 is 5.97 Å². The van der Waals surface area contributed by atoms with E-state index in [4.69, 9.17) is 5.11 Å². The molecule has 0 aromatic heterocycles. The Morgan fingerprint density at radius 1 is 1.11 bits per heavy atom. The highest BCUT2D eigenvalue weighted by molar-refractivity contribution is 7.89. The fourth-order valence-corrected chi connectivity index (χ4v) is 4.70. The van der Waals surface area contributed by atoms with Gasteiger partial charge in [-0.25, -0.2) is 8.42 Å². The van der Waals surface area contributed by atoms with Crippen molar-refractivity contribution < 1.29 is 23.1 Å². The highest BCUT2D eigenvalue weighted by atomic mass is 32.2. The third-order valence-electron chi connectivity index (χ3n) is 4.75.